The van der Waals surface area contributed by atoms with E-state index in [0.29, 0.717) is 11.3 Å². The first kappa shape index (κ1) is 20.2. The van der Waals surface area contributed by atoms with Gasteiger partial charge in [-0.05, 0) is 49.2 Å². The molecule has 0 amide bonds. The smallest absolute Gasteiger partial charge is 0.381 e. The molecule has 32 heavy (non-hydrogen) atoms. The lowest BCUT2D eigenvalue weighted by Gasteiger charge is -2.13. The maximum absolute atomic E-state index is 14.6. The Morgan fingerprint density at radius 3 is 2.34 bits per heavy atom. The van der Waals surface area contributed by atoms with Crippen LogP contribution >= 0.6 is 0 Å². The van der Waals surface area contributed by atoms with Gasteiger partial charge in [0, 0.05) is 11.6 Å². The maximum atomic E-state index is 14.6. The zero-order valence-corrected chi connectivity index (χ0v) is 16.3. The van der Waals surface area contributed by atoms with Gasteiger partial charge in [0.15, 0.2) is 17.5 Å². The monoisotopic (exact) mass is 446 g/mol. The van der Waals surface area contributed by atoms with Crippen molar-refractivity contribution in [1.82, 2.24) is 19.5 Å². The highest BCUT2D eigenvalue weighted by molar-refractivity contribution is 5.79. The highest BCUT2D eigenvalue weighted by Crippen LogP contribution is 2.42. The van der Waals surface area contributed by atoms with Crippen LogP contribution in [0.1, 0.15) is 30.1 Å². The summed E-state index contributed by atoms with van der Waals surface area (Å²) in [5, 5.41) is 2.64. The van der Waals surface area contributed by atoms with E-state index in [4.69, 9.17) is 5.73 Å². The fraction of sp³-hybridized carbons (Fsp3) is 0.190. The molecule has 1 fully saturated rings. The Bertz CT molecular complexity index is 1330. The molecule has 0 spiro atoms. The number of para-hydroxylation sites is 1. The van der Waals surface area contributed by atoms with E-state index in [1.165, 1.54) is 16.7 Å². The molecule has 2 heterocycles. The summed E-state index contributed by atoms with van der Waals surface area (Å²) in [4.78, 5) is 12.6. The third-order valence-electron chi connectivity index (χ3n) is 5.14. The summed E-state index contributed by atoms with van der Waals surface area (Å²) >= 11 is 0. The van der Waals surface area contributed by atoms with Gasteiger partial charge in [0.25, 0.3) is 0 Å². The van der Waals surface area contributed by atoms with Gasteiger partial charge in [0.2, 0.25) is 11.8 Å². The van der Waals surface area contributed by atoms with Crippen LogP contribution in [-0.2, 0) is 6.18 Å². The molecule has 0 atom stereocenters. The lowest BCUT2D eigenvalue weighted by atomic mass is 10.2. The van der Waals surface area contributed by atoms with Crippen molar-refractivity contribution in [3.63, 3.8) is 0 Å². The lowest BCUT2D eigenvalue weighted by molar-refractivity contribution is -0.137. The number of alkyl halides is 3. The number of nitrogen functional groups attached to an aromatic ring is 1. The Hall–Kier alpha value is -3.76. The first-order valence-electron chi connectivity index (χ1n) is 9.67. The molecule has 5 rings (SSSR count). The van der Waals surface area contributed by atoms with E-state index < -0.39 is 29.2 Å². The normalized spacial score (nSPS) is 14.2. The molecule has 0 saturated heterocycles. The van der Waals surface area contributed by atoms with E-state index >= 15 is 0 Å². The Kier molecular flexibility index (Phi) is 4.50. The number of benzene rings is 2. The number of nitrogens with one attached hydrogen (secondary N) is 1. The number of halogens is 5. The summed E-state index contributed by atoms with van der Waals surface area (Å²) < 4.78 is 68.8. The average molecular weight is 446 g/mol. The van der Waals surface area contributed by atoms with Gasteiger partial charge in [0.1, 0.15) is 11.3 Å². The molecule has 2 aromatic heterocycles. The van der Waals surface area contributed by atoms with Crippen LogP contribution in [0.3, 0.4) is 0 Å². The largest absolute Gasteiger partial charge is 0.416 e. The molecule has 164 valence electrons. The van der Waals surface area contributed by atoms with Crippen molar-refractivity contribution >= 4 is 28.4 Å². The van der Waals surface area contributed by atoms with Crippen LogP contribution in [0.4, 0.5) is 39.3 Å². The minimum absolute atomic E-state index is 0.0201. The second-order valence-corrected chi connectivity index (χ2v) is 7.46. The molecule has 0 bridgehead atoms. The number of imidazole rings is 1. The number of aromatic nitrogens is 4. The van der Waals surface area contributed by atoms with E-state index in [1.54, 1.807) is 6.07 Å². The van der Waals surface area contributed by atoms with Crippen molar-refractivity contribution in [2.75, 3.05) is 11.1 Å². The molecule has 1 aliphatic carbocycles. The molecule has 3 N–H and O–H groups in total. The molecule has 1 saturated carbocycles. The van der Waals surface area contributed by atoms with E-state index in [2.05, 4.69) is 20.3 Å². The van der Waals surface area contributed by atoms with Crippen LogP contribution in [0, 0.1) is 11.6 Å². The second-order valence-electron chi connectivity index (χ2n) is 7.46. The van der Waals surface area contributed by atoms with Crippen LogP contribution in [-0.4, -0.2) is 19.5 Å². The second kappa shape index (κ2) is 7.14. The minimum Gasteiger partial charge on any atom is -0.381 e. The van der Waals surface area contributed by atoms with E-state index in [1.807, 2.05) is 0 Å². The summed E-state index contributed by atoms with van der Waals surface area (Å²) in [6.07, 6.45) is -2.77. The predicted octanol–water partition coefficient (Wildman–Crippen LogP) is 5.32. The Morgan fingerprint density at radius 2 is 1.69 bits per heavy atom. The third kappa shape index (κ3) is 3.49. The number of hydrogen-bond acceptors (Lipinski definition) is 5. The molecule has 1 aliphatic rings. The number of nitrogens with two attached hydrogens (primary N) is 1. The highest BCUT2D eigenvalue weighted by atomic mass is 19.4. The van der Waals surface area contributed by atoms with Gasteiger partial charge in [-0.15, -0.1) is 0 Å². The number of nitrogens with zero attached hydrogens (tertiary/aromatic N) is 4. The molecule has 0 unspecified atom stereocenters. The highest BCUT2D eigenvalue weighted by Gasteiger charge is 2.32. The van der Waals surface area contributed by atoms with Gasteiger partial charge in [0.05, 0.1) is 11.1 Å². The van der Waals surface area contributed by atoms with Gasteiger partial charge < -0.3 is 11.1 Å². The molecule has 0 radical (unpaired) electrons. The molecular formula is C21H15F5N6. The molecule has 11 heteroatoms. The van der Waals surface area contributed by atoms with Gasteiger partial charge in [-0.3, -0.25) is 4.57 Å². The number of anilines is 3. The van der Waals surface area contributed by atoms with Crippen molar-refractivity contribution in [2.45, 2.75) is 24.9 Å². The number of rotatable bonds is 4. The van der Waals surface area contributed by atoms with E-state index in [0.717, 1.165) is 37.1 Å². The Morgan fingerprint density at radius 1 is 0.969 bits per heavy atom. The van der Waals surface area contributed by atoms with Crippen LogP contribution in [0.15, 0.2) is 42.5 Å². The van der Waals surface area contributed by atoms with Crippen LogP contribution in [0.2, 0.25) is 0 Å². The van der Waals surface area contributed by atoms with Crippen LogP contribution in [0.25, 0.3) is 17.0 Å². The SMILES string of the molecule is Nc1nc(-n2c(C3CC3)nc3c(F)cccc32)nc(Nc2ccc(C(F)(F)F)cc2)c1F. The average Bonchev–Trinajstić information content (AvgIpc) is 3.51. The summed E-state index contributed by atoms with van der Waals surface area (Å²) in [5.41, 5.74) is 5.62. The van der Waals surface area contributed by atoms with Crippen molar-refractivity contribution in [3.05, 3.63) is 65.5 Å². The zero-order valence-electron chi connectivity index (χ0n) is 16.3. The molecule has 4 aromatic rings. The minimum atomic E-state index is -4.49. The van der Waals surface area contributed by atoms with Crippen LogP contribution in [0.5, 0.6) is 0 Å². The Labute approximate surface area is 177 Å². The van der Waals surface area contributed by atoms with Gasteiger partial charge in [-0.2, -0.15) is 27.5 Å². The maximum Gasteiger partial charge on any atom is 0.416 e. The van der Waals surface area contributed by atoms with Crippen molar-refractivity contribution in [1.29, 1.82) is 0 Å². The fourth-order valence-corrected chi connectivity index (χ4v) is 3.42. The number of fused-ring (bicyclic) bond motifs is 1. The number of hydrogen-bond donors (Lipinski definition) is 2. The van der Waals surface area contributed by atoms with E-state index in [-0.39, 0.29) is 28.9 Å². The van der Waals surface area contributed by atoms with Gasteiger partial charge in [-0.1, -0.05) is 6.07 Å². The fourth-order valence-electron chi connectivity index (χ4n) is 3.42. The van der Waals surface area contributed by atoms with Crippen molar-refractivity contribution in [2.24, 2.45) is 0 Å². The van der Waals surface area contributed by atoms with Crippen molar-refractivity contribution < 1.29 is 22.0 Å². The van der Waals surface area contributed by atoms with Gasteiger partial charge in [-0.25, -0.2) is 9.37 Å². The van der Waals surface area contributed by atoms with Crippen molar-refractivity contribution in [3.8, 4) is 5.95 Å². The van der Waals surface area contributed by atoms with Crippen LogP contribution < -0.4 is 11.1 Å². The summed E-state index contributed by atoms with van der Waals surface area (Å²) in [7, 11) is 0. The topological polar surface area (TPSA) is 81.7 Å². The molecule has 6 nitrogen and oxygen atoms in total. The lowest BCUT2D eigenvalue weighted by Crippen LogP contribution is -2.11. The standard InChI is InChI=1S/C21H15F5N6/c22-13-2-1-3-14-16(13)29-19(10-4-5-10)32(14)20-30-17(27)15(23)18(31-20)28-12-8-6-11(7-9-12)21(24,25)26/h1-3,6-10H,4-5H2,(H3,27,28,30,31). The first-order valence-corrected chi connectivity index (χ1v) is 9.67. The summed E-state index contributed by atoms with van der Waals surface area (Å²) in [5.74, 6) is -1.66. The summed E-state index contributed by atoms with van der Waals surface area (Å²) in [6.45, 7) is 0. The molecule has 2 aromatic carbocycles. The zero-order chi connectivity index (χ0) is 22.6. The molecular weight excluding hydrogens is 431 g/mol. The van der Waals surface area contributed by atoms with Gasteiger partial charge >= 0.3 is 6.18 Å². The quantitative estimate of drug-likeness (QED) is 0.415. The third-order valence-corrected chi connectivity index (χ3v) is 5.14. The van der Waals surface area contributed by atoms with E-state index in [9.17, 15) is 22.0 Å². The molecule has 0 aliphatic heterocycles. The Balaban J connectivity index is 1.59. The first-order chi connectivity index (χ1) is 15.2. The summed E-state index contributed by atoms with van der Waals surface area (Å²) in [6, 6.07) is 8.47. The predicted molar refractivity (Wildman–Crippen MR) is 108 cm³/mol.